The minimum absolute atomic E-state index is 0.105. The molecule has 0 saturated carbocycles. The molecule has 2 atom stereocenters. The van der Waals surface area contributed by atoms with Crippen molar-refractivity contribution < 1.29 is 32.6 Å². The highest BCUT2D eigenvalue weighted by Crippen LogP contribution is 2.28. The number of urea groups is 1. The Bertz CT molecular complexity index is 1110. The lowest BCUT2D eigenvalue weighted by molar-refractivity contribution is -0.151. The van der Waals surface area contributed by atoms with Crippen molar-refractivity contribution in [3.63, 3.8) is 0 Å². The first kappa shape index (κ1) is 24.6. The third-order valence-electron chi connectivity index (χ3n) is 4.82. The molecule has 1 fully saturated rings. The van der Waals surface area contributed by atoms with Gasteiger partial charge in [0.05, 0.1) is 11.0 Å². The molecule has 1 heterocycles. The molecule has 0 bridgehead atoms. The van der Waals surface area contributed by atoms with E-state index in [1.54, 1.807) is 24.3 Å². The fraction of sp³-hybridized carbons (Fsp3) is 0.286. The van der Waals surface area contributed by atoms with Crippen molar-refractivity contribution in [3.8, 4) is 0 Å². The Labute approximate surface area is 195 Å². The molecule has 1 aliphatic rings. The molecule has 0 unspecified atom stereocenters. The Kier molecular flexibility index (Phi) is 8.03. The first-order valence-corrected chi connectivity index (χ1v) is 11.7. The molecular weight excluding hydrogens is 474 g/mol. The van der Waals surface area contributed by atoms with Crippen LogP contribution in [-0.4, -0.2) is 61.0 Å². The lowest BCUT2D eigenvalue weighted by Gasteiger charge is -2.22. The van der Waals surface area contributed by atoms with E-state index < -0.39 is 46.7 Å². The number of β-amino-alcohol motifs (C(OH)–C–C–N with tert-alkyl or cyclic N) is 1. The molecule has 10 nitrogen and oxygen atoms in total. The zero-order valence-corrected chi connectivity index (χ0v) is 18.9. The van der Waals surface area contributed by atoms with Crippen LogP contribution in [-0.2, 0) is 30.9 Å². The molecular formula is C21H22ClN3O7S. The maximum Gasteiger partial charge on any atom is 0.325 e. The van der Waals surface area contributed by atoms with E-state index >= 15 is 0 Å². The Morgan fingerprint density at radius 2 is 1.76 bits per heavy atom. The van der Waals surface area contributed by atoms with E-state index in [4.69, 9.17) is 16.3 Å². The van der Waals surface area contributed by atoms with Gasteiger partial charge in [0.2, 0.25) is 10.0 Å². The maximum absolute atomic E-state index is 12.9. The number of carbonyl (C=O) groups excluding carboxylic acids is 3. The third kappa shape index (κ3) is 6.51. The van der Waals surface area contributed by atoms with Gasteiger partial charge in [0, 0.05) is 24.5 Å². The molecule has 1 aliphatic heterocycles. The fourth-order valence-corrected chi connectivity index (χ4v) is 4.98. The smallest absolute Gasteiger partial charge is 0.325 e. The largest absolute Gasteiger partial charge is 0.454 e. The van der Waals surface area contributed by atoms with Gasteiger partial charge in [0.15, 0.2) is 6.61 Å². The van der Waals surface area contributed by atoms with Crippen molar-refractivity contribution in [3.05, 3.63) is 65.2 Å². The van der Waals surface area contributed by atoms with Crippen LogP contribution in [0.25, 0.3) is 0 Å². The molecule has 3 N–H and O–H groups in total. The molecule has 33 heavy (non-hydrogen) atoms. The first-order valence-electron chi connectivity index (χ1n) is 9.90. The average Bonchev–Trinajstić information content (AvgIpc) is 3.20. The Hall–Kier alpha value is -2.99. The van der Waals surface area contributed by atoms with Crippen LogP contribution < -0.4 is 10.6 Å². The summed E-state index contributed by atoms with van der Waals surface area (Å²) in [6, 6.07) is 12.3. The van der Waals surface area contributed by atoms with Crippen LogP contribution in [0.15, 0.2) is 59.5 Å². The molecule has 3 rings (SSSR count). The molecule has 0 aliphatic carbocycles. The molecule has 176 valence electrons. The molecule has 1 saturated heterocycles. The number of sulfonamides is 1. The summed E-state index contributed by atoms with van der Waals surface area (Å²) < 4.78 is 31.6. The SMILES string of the molecule is O=C(COC(=O)[C@@H]1C[C@@H](O)CN1S(=O)(=O)c1ccc(Cl)cc1)NC(=O)NCc1ccccc1. The summed E-state index contributed by atoms with van der Waals surface area (Å²) in [5, 5.41) is 14.8. The number of imide groups is 1. The second-order valence-corrected chi connectivity index (χ2v) is 9.59. The number of nitrogens with one attached hydrogen (secondary N) is 2. The van der Waals surface area contributed by atoms with Gasteiger partial charge in [-0.25, -0.2) is 13.2 Å². The normalized spacial score (nSPS) is 18.5. The zero-order valence-electron chi connectivity index (χ0n) is 17.3. The number of hydrogen-bond acceptors (Lipinski definition) is 7. The van der Waals surface area contributed by atoms with E-state index in [9.17, 15) is 27.9 Å². The molecule has 3 amide bonds. The number of amides is 3. The number of carbonyl (C=O) groups is 3. The highest BCUT2D eigenvalue weighted by atomic mass is 35.5. The van der Waals surface area contributed by atoms with Gasteiger partial charge in [-0.1, -0.05) is 41.9 Å². The summed E-state index contributed by atoms with van der Waals surface area (Å²) >= 11 is 5.79. The number of benzene rings is 2. The number of aliphatic hydroxyl groups excluding tert-OH is 1. The van der Waals surface area contributed by atoms with Crippen molar-refractivity contribution in [2.75, 3.05) is 13.2 Å². The quantitative estimate of drug-likeness (QED) is 0.487. The number of aliphatic hydroxyl groups is 1. The van der Waals surface area contributed by atoms with E-state index in [0.29, 0.717) is 5.02 Å². The lowest BCUT2D eigenvalue weighted by atomic mass is 10.2. The predicted molar refractivity (Wildman–Crippen MR) is 118 cm³/mol. The zero-order chi connectivity index (χ0) is 24.0. The molecule has 0 spiro atoms. The molecule has 2 aromatic carbocycles. The standard InChI is InChI=1S/C21H22ClN3O7S/c22-15-6-8-17(9-7-15)33(30,31)25-12-16(26)10-18(25)20(28)32-13-19(27)24-21(29)23-11-14-4-2-1-3-5-14/h1-9,16,18,26H,10-13H2,(H2,23,24,27,29)/t16-,18+/m1/s1. The van der Waals surface area contributed by atoms with Crippen molar-refractivity contribution >= 4 is 39.5 Å². The van der Waals surface area contributed by atoms with Gasteiger partial charge in [-0.05, 0) is 29.8 Å². The van der Waals surface area contributed by atoms with Crippen molar-refractivity contribution in [2.45, 2.75) is 30.0 Å². The summed E-state index contributed by atoms with van der Waals surface area (Å²) in [6.45, 7) is -0.908. The van der Waals surface area contributed by atoms with E-state index in [0.717, 1.165) is 9.87 Å². The van der Waals surface area contributed by atoms with Crippen LogP contribution in [0, 0.1) is 0 Å². The van der Waals surface area contributed by atoms with Crippen LogP contribution in [0.1, 0.15) is 12.0 Å². The summed E-state index contributed by atoms with van der Waals surface area (Å²) in [6.07, 6.45) is -1.27. The third-order valence-corrected chi connectivity index (χ3v) is 6.96. The number of esters is 1. The Morgan fingerprint density at radius 1 is 1.09 bits per heavy atom. The molecule has 12 heteroatoms. The summed E-state index contributed by atoms with van der Waals surface area (Å²) in [5.41, 5.74) is 0.827. The van der Waals surface area contributed by atoms with Crippen LogP contribution in [0.5, 0.6) is 0 Å². The van der Waals surface area contributed by atoms with Gasteiger partial charge in [0.1, 0.15) is 6.04 Å². The van der Waals surface area contributed by atoms with E-state index in [2.05, 4.69) is 5.32 Å². The van der Waals surface area contributed by atoms with Gasteiger partial charge < -0.3 is 15.2 Å². The van der Waals surface area contributed by atoms with Crippen LogP contribution >= 0.6 is 11.6 Å². The van der Waals surface area contributed by atoms with Gasteiger partial charge in [0.25, 0.3) is 5.91 Å². The summed E-state index contributed by atoms with van der Waals surface area (Å²) in [5.74, 6) is -1.90. The van der Waals surface area contributed by atoms with Crippen LogP contribution in [0.2, 0.25) is 5.02 Å². The topological polar surface area (TPSA) is 142 Å². The van der Waals surface area contributed by atoms with E-state index in [-0.39, 0.29) is 24.4 Å². The molecule has 2 aromatic rings. The number of ether oxygens (including phenoxy) is 1. The number of halogens is 1. The van der Waals surface area contributed by atoms with E-state index in [1.807, 2.05) is 11.4 Å². The lowest BCUT2D eigenvalue weighted by Crippen LogP contribution is -2.44. The maximum atomic E-state index is 12.9. The van der Waals surface area contributed by atoms with Gasteiger partial charge in [-0.2, -0.15) is 4.31 Å². The number of nitrogens with zero attached hydrogens (tertiary/aromatic N) is 1. The molecule has 0 aromatic heterocycles. The Morgan fingerprint density at radius 3 is 2.42 bits per heavy atom. The minimum Gasteiger partial charge on any atom is -0.454 e. The average molecular weight is 496 g/mol. The van der Waals surface area contributed by atoms with Gasteiger partial charge >= 0.3 is 12.0 Å². The minimum atomic E-state index is -4.12. The first-order chi connectivity index (χ1) is 15.7. The predicted octanol–water partition coefficient (Wildman–Crippen LogP) is 1.03. The summed E-state index contributed by atoms with van der Waals surface area (Å²) in [7, 11) is -4.12. The number of rotatable bonds is 7. The van der Waals surface area contributed by atoms with Crippen molar-refractivity contribution in [1.29, 1.82) is 0 Å². The van der Waals surface area contributed by atoms with Crippen LogP contribution in [0.3, 0.4) is 0 Å². The summed E-state index contributed by atoms with van der Waals surface area (Å²) in [4.78, 5) is 36.1. The number of hydrogen-bond donors (Lipinski definition) is 3. The van der Waals surface area contributed by atoms with Crippen molar-refractivity contribution in [1.82, 2.24) is 14.9 Å². The van der Waals surface area contributed by atoms with Gasteiger partial charge in [-0.15, -0.1) is 0 Å². The Balaban J connectivity index is 1.54. The molecule has 0 radical (unpaired) electrons. The monoisotopic (exact) mass is 495 g/mol. The van der Waals surface area contributed by atoms with E-state index in [1.165, 1.54) is 24.3 Å². The fourth-order valence-electron chi connectivity index (χ4n) is 3.22. The van der Waals surface area contributed by atoms with Crippen LogP contribution in [0.4, 0.5) is 4.79 Å². The van der Waals surface area contributed by atoms with Crippen molar-refractivity contribution in [2.24, 2.45) is 0 Å². The van der Waals surface area contributed by atoms with Gasteiger partial charge in [-0.3, -0.25) is 14.9 Å². The second kappa shape index (κ2) is 10.8. The highest BCUT2D eigenvalue weighted by molar-refractivity contribution is 7.89. The highest BCUT2D eigenvalue weighted by Gasteiger charge is 2.44. The second-order valence-electron chi connectivity index (χ2n) is 7.26.